The smallest absolute Gasteiger partial charge is 0.245 e. The van der Waals surface area contributed by atoms with Gasteiger partial charge in [0.25, 0.3) is 0 Å². The molecule has 2 aromatic carbocycles. The van der Waals surface area contributed by atoms with Crippen LogP contribution in [0, 0.1) is 0 Å². The van der Waals surface area contributed by atoms with Gasteiger partial charge in [-0.2, -0.15) is 4.31 Å². The van der Waals surface area contributed by atoms with Crippen LogP contribution in [0.3, 0.4) is 0 Å². The first-order chi connectivity index (χ1) is 14.4. The zero-order valence-corrected chi connectivity index (χ0v) is 18.6. The zero-order chi connectivity index (χ0) is 21.3. The van der Waals surface area contributed by atoms with Crippen LogP contribution in [0.5, 0.6) is 5.75 Å². The van der Waals surface area contributed by atoms with Gasteiger partial charge in [-0.05, 0) is 67.5 Å². The molecule has 2 unspecified atom stereocenters. The molecule has 1 aromatic heterocycles. The van der Waals surface area contributed by atoms with Crippen LogP contribution >= 0.6 is 11.8 Å². The fraction of sp³-hybridized carbons (Fsp3) is 0.400. The summed E-state index contributed by atoms with van der Waals surface area (Å²) in [6.45, 7) is 6.85. The van der Waals surface area contributed by atoms with Gasteiger partial charge in [0, 0.05) is 22.9 Å². The predicted molar refractivity (Wildman–Crippen MR) is 112 cm³/mol. The van der Waals surface area contributed by atoms with Gasteiger partial charge in [0.1, 0.15) is 10.6 Å². The molecule has 2 atom stereocenters. The van der Waals surface area contributed by atoms with Crippen molar-refractivity contribution in [3.05, 3.63) is 36.4 Å². The van der Waals surface area contributed by atoms with Crippen molar-refractivity contribution in [1.82, 2.24) is 14.6 Å². The van der Waals surface area contributed by atoms with Crippen LogP contribution in [-0.2, 0) is 14.8 Å². The molecule has 0 bridgehead atoms. The van der Waals surface area contributed by atoms with Crippen LogP contribution in [0.2, 0.25) is 0 Å². The van der Waals surface area contributed by atoms with E-state index in [9.17, 15) is 8.42 Å². The molecule has 1 fully saturated rings. The zero-order valence-electron chi connectivity index (χ0n) is 16.9. The topological polar surface area (TPSA) is 94.8 Å². The maximum absolute atomic E-state index is 13.3. The average Bonchev–Trinajstić information content (AvgIpc) is 3.19. The molecule has 0 aliphatic carbocycles. The lowest BCUT2D eigenvalue weighted by Crippen LogP contribution is -2.48. The van der Waals surface area contributed by atoms with E-state index in [2.05, 4.69) is 10.3 Å². The van der Waals surface area contributed by atoms with Gasteiger partial charge < -0.3 is 9.47 Å². The minimum Gasteiger partial charge on any atom is -0.494 e. The number of nitrogens with zero attached hydrogens (tertiary/aromatic N) is 3. The van der Waals surface area contributed by atoms with Crippen molar-refractivity contribution in [3.63, 3.8) is 0 Å². The van der Waals surface area contributed by atoms with Gasteiger partial charge >= 0.3 is 0 Å². The summed E-state index contributed by atoms with van der Waals surface area (Å²) in [5.74, 6) is 0.797. The summed E-state index contributed by atoms with van der Waals surface area (Å²) < 4.78 is 44.1. The summed E-state index contributed by atoms with van der Waals surface area (Å²) in [7, 11) is -3.76. The first-order valence-corrected chi connectivity index (χ1v) is 12.0. The Bertz CT molecular complexity index is 1120. The Hall–Kier alpha value is -2.14. The van der Waals surface area contributed by atoms with Gasteiger partial charge in [-0.1, -0.05) is 11.8 Å². The predicted octanol–water partition coefficient (Wildman–Crippen LogP) is 3.57. The number of aromatic nitrogens is 2. The number of rotatable bonds is 6. The van der Waals surface area contributed by atoms with Crippen LogP contribution in [0.15, 0.2) is 55.7 Å². The second-order valence-corrected chi connectivity index (χ2v) is 10.1. The molecule has 1 saturated heterocycles. The largest absolute Gasteiger partial charge is 0.494 e. The molecule has 0 amide bonds. The average molecular weight is 450 g/mol. The Morgan fingerprint density at radius 3 is 2.40 bits per heavy atom. The van der Waals surface area contributed by atoms with Gasteiger partial charge in [-0.15, -0.1) is 0 Å². The Kier molecular flexibility index (Phi) is 6.01. The standard InChI is InChI=1S/C20H23N3O5S2/c1-4-26-15-5-7-16(8-6-15)29-17-9-10-18(20-19(17)21-28-22-20)30(24,25)23-11-13(2)27-14(3)12-23/h5-10,13-14H,4,11-12H2,1-3H3. The maximum Gasteiger partial charge on any atom is 0.245 e. The van der Waals surface area contributed by atoms with Crippen molar-refractivity contribution in [3.8, 4) is 5.75 Å². The fourth-order valence-corrected chi connectivity index (χ4v) is 6.08. The molecular formula is C20H23N3O5S2. The number of morpholine rings is 1. The second-order valence-electron chi connectivity index (χ2n) is 7.11. The lowest BCUT2D eigenvalue weighted by Gasteiger charge is -2.34. The lowest BCUT2D eigenvalue weighted by atomic mass is 10.3. The SMILES string of the molecule is CCOc1ccc(Sc2ccc(S(=O)(=O)N3CC(C)OC(C)C3)c3nonc23)cc1. The molecule has 2 heterocycles. The van der Waals surface area contributed by atoms with Crippen molar-refractivity contribution < 1.29 is 22.5 Å². The van der Waals surface area contributed by atoms with Crippen molar-refractivity contribution in [1.29, 1.82) is 0 Å². The van der Waals surface area contributed by atoms with Crippen LogP contribution < -0.4 is 4.74 Å². The third-order valence-corrected chi connectivity index (χ3v) is 7.63. The number of ether oxygens (including phenoxy) is 2. The van der Waals surface area contributed by atoms with E-state index in [0.29, 0.717) is 25.2 Å². The molecule has 0 saturated carbocycles. The van der Waals surface area contributed by atoms with Crippen LogP contribution in [0.1, 0.15) is 20.8 Å². The highest BCUT2D eigenvalue weighted by Gasteiger charge is 2.34. The summed E-state index contributed by atoms with van der Waals surface area (Å²) in [5, 5.41) is 7.87. The third-order valence-electron chi connectivity index (χ3n) is 4.71. The molecule has 10 heteroatoms. The minimum atomic E-state index is -3.76. The Labute approximate surface area is 179 Å². The highest BCUT2D eigenvalue weighted by atomic mass is 32.2. The summed E-state index contributed by atoms with van der Waals surface area (Å²) in [6, 6.07) is 11.0. The van der Waals surface area contributed by atoms with Crippen LogP contribution in [0.25, 0.3) is 11.0 Å². The molecular weight excluding hydrogens is 426 g/mol. The third kappa shape index (κ3) is 4.18. The highest BCUT2D eigenvalue weighted by molar-refractivity contribution is 7.99. The van der Waals surface area contributed by atoms with Gasteiger partial charge in [-0.25, -0.2) is 13.0 Å². The Morgan fingerprint density at radius 2 is 1.73 bits per heavy atom. The molecule has 0 N–H and O–H groups in total. The van der Waals surface area contributed by atoms with E-state index in [4.69, 9.17) is 14.1 Å². The van der Waals surface area contributed by atoms with E-state index < -0.39 is 10.0 Å². The van der Waals surface area contributed by atoms with E-state index in [1.165, 1.54) is 16.1 Å². The summed E-state index contributed by atoms with van der Waals surface area (Å²) in [6.07, 6.45) is -0.354. The number of hydrogen-bond acceptors (Lipinski definition) is 8. The number of sulfonamides is 1. The van der Waals surface area contributed by atoms with Crippen molar-refractivity contribution in [2.75, 3.05) is 19.7 Å². The summed E-state index contributed by atoms with van der Waals surface area (Å²) in [4.78, 5) is 1.82. The molecule has 1 aliphatic heterocycles. The van der Waals surface area contributed by atoms with Crippen molar-refractivity contribution in [2.24, 2.45) is 0 Å². The minimum absolute atomic E-state index is 0.0936. The number of hydrogen-bond donors (Lipinski definition) is 0. The van der Waals surface area contributed by atoms with Crippen molar-refractivity contribution >= 4 is 32.8 Å². The molecule has 3 aromatic rings. The van der Waals surface area contributed by atoms with E-state index in [-0.39, 0.29) is 22.6 Å². The highest BCUT2D eigenvalue weighted by Crippen LogP contribution is 2.36. The molecule has 0 radical (unpaired) electrons. The monoisotopic (exact) mass is 449 g/mol. The van der Waals surface area contributed by atoms with E-state index in [0.717, 1.165) is 15.5 Å². The second kappa shape index (κ2) is 8.54. The van der Waals surface area contributed by atoms with E-state index in [1.807, 2.05) is 45.0 Å². The van der Waals surface area contributed by atoms with Gasteiger partial charge in [-0.3, -0.25) is 0 Å². The quantitative estimate of drug-likeness (QED) is 0.564. The number of benzene rings is 2. The lowest BCUT2D eigenvalue weighted by molar-refractivity contribution is -0.0440. The van der Waals surface area contributed by atoms with E-state index in [1.54, 1.807) is 12.1 Å². The molecule has 1 aliphatic rings. The van der Waals surface area contributed by atoms with Gasteiger partial charge in [0.05, 0.1) is 18.8 Å². The van der Waals surface area contributed by atoms with Crippen molar-refractivity contribution in [2.45, 2.75) is 47.7 Å². The molecule has 0 spiro atoms. The molecule has 4 rings (SSSR count). The normalized spacial score (nSPS) is 20.5. The molecule has 30 heavy (non-hydrogen) atoms. The summed E-state index contributed by atoms with van der Waals surface area (Å²) >= 11 is 1.46. The van der Waals surface area contributed by atoms with Gasteiger partial charge in [0.2, 0.25) is 10.0 Å². The molecule has 160 valence electrons. The Balaban J connectivity index is 1.65. The fourth-order valence-electron chi connectivity index (χ4n) is 3.48. The molecule has 8 nitrogen and oxygen atoms in total. The van der Waals surface area contributed by atoms with E-state index >= 15 is 0 Å². The van der Waals surface area contributed by atoms with Crippen LogP contribution in [-0.4, -0.2) is 54.9 Å². The maximum atomic E-state index is 13.3. The summed E-state index contributed by atoms with van der Waals surface area (Å²) in [5.41, 5.74) is 0.655. The Morgan fingerprint density at radius 1 is 1.07 bits per heavy atom. The number of fused-ring (bicyclic) bond motifs is 1. The first-order valence-electron chi connectivity index (χ1n) is 9.70. The van der Waals surface area contributed by atoms with Crippen LogP contribution in [0.4, 0.5) is 0 Å². The first kappa shape index (κ1) is 21.1. The van der Waals surface area contributed by atoms with Gasteiger partial charge in [0.15, 0.2) is 11.0 Å².